The summed E-state index contributed by atoms with van der Waals surface area (Å²) in [5.74, 6) is 0.115. The maximum Gasteiger partial charge on any atom is 0.145 e. The van der Waals surface area contributed by atoms with E-state index in [0.717, 1.165) is 12.8 Å². The van der Waals surface area contributed by atoms with Gasteiger partial charge in [-0.2, -0.15) is 0 Å². The van der Waals surface area contributed by atoms with Crippen molar-refractivity contribution in [3.63, 3.8) is 0 Å². The second kappa shape index (κ2) is 6.21. The summed E-state index contributed by atoms with van der Waals surface area (Å²) in [6.45, 7) is 4.23. The normalized spacial score (nSPS) is 13.1. The topological polar surface area (TPSA) is 26.0 Å². The van der Waals surface area contributed by atoms with Crippen LogP contribution in [0.25, 0.3) is 0 Å². The molecule has 0 spiro atoms. The lowest BCUT2D eigenvalue weighted by molar-refractivity contribution is 0.390. The molecule has 1 aromatic rings. The van der Waals surface area contributed by atoms with Crippen LogP contribution >= 0.6 is 11.6 Å². The summed E-state index contributed by atoms with van der Waals surface area (Å²) in [4.78, 5) is 0. The molecule has 0 aliphatic rings. The molecule has 0 aromatic heterocycles. The van der Waals surface area contributed by atoms with Gasteiger partial charge in [0.25, 0.3) is 0 Å². The van der Waals surface area contributed by atoms with Crippen LogP contribution in [0.4, 0.5) is 4.39 Å². The third kappa shape index (κ3) is 3.19. The van der Waals surface area contributed by atoms with Crippen LogP contribution in [-0.2, 0) is 6.42 Å². The van der Waals surface area contributed by atoms with E-state index in [0.29, 0.717) is 17.9 Å². The van der Waals surface area contributed by atoms with Gasteiger partial charge in [0.2, 0.25) is 0 Å². The molecule has 0 amide bonds. The predicted octanol–water partition coefficient (Wildman–Crippen LogP) is 3.79. The smallest absolute Gasteiger partial charge is 0.145 e. The Morgan fingerprint density at radius 2 is 1.94 bits per heavy atom. The van der Waals surface area contributed by atoms with Gasteiger partial charge in [0.15, 0.2) is 0 Å². The average Bonchev–Trinajstić information content (AvgIpc) is 2.26. The van der Waals surface area contributed by atoms with Gasteiger partial charge in [-0.3, -0.25) is 0 Å². The first-order chi connectivity index (χ1) is 7.60. The summed E-state index contributed by atoms with van der Waals surface area (Å²) in [6, 6.07) is 5.08. The molecular weight excluding hydrogens is 225 g/mol. The van der Waals surface area contributed by atoms with E-state index < -0.39 is 0 Å². The van der Waals surface area contributed by atoms with Gasteiger partial charge in [-0.05, 0) is 24.0 Å². The SMILES string of the molecule is CCC(CC)C(N)Cc1cccc(Cl)c1F. The third-order valence-electron chi connectivity index (χ3n) is 3.14. The Hall–Kier alpha value is -0.600. The van der Waals surface area contributed by atoms with Crippen LogP contribution in [-0.4, -0.2) is 6.04 Å². The van der Waals surface area contributed by atoms with Crippen molar-refractivity contribution in [1.82, 2.24) is 0 Å². The fourth-order valence-corrected chi connectivity index (χ4v) is 2.21. The lowest BCUT2D eigenvalue weighted by atomic mass is 9.90. The first-order valence-corrected chi connectivity index (χ1v) is 6.16. The highest BCUT2D eigenvalue weighted by atomic mass is 35.5. The van der Waals surface area contributed by atoms with Crippen LogP contribution in [0.1, 0.15) is 32.3 Å². The van der Waals surface area contributed by atoms with Gasteiger partial charge in [-0.25, -0.2) is 4.39 Å². The fraction of sp³-hybridized carbons (Fsp3) is 0.538. The van der Waals surface area contributed by atoms with Crippen molar-refractivity contribution < 1.29 is 4.39 Å². The van der Waals surface area contributed by atoms with E-state index in [1.165, 1.54) is 0 Å². The summed E-state index contributed by atoms with van der Waals surface area (Å²) in [5.41, 5.74) is 6.70. The molecule has 0 saturated heterocycles. The van der Waals surface area contributed by atoms with E-state index in [1.807, 2.05) is 0 Å². The highest BCUT2D eigenvalue weighted by Crippen LogP contribution is 2.21. The maximum absolute atomic E-state index is 13.6. The minimum Gasteiger partial charge on any atom is -0.327 e. The zero-order valence-electron chi connectivity index (χ0n) is 9.84. The monoisotopic (exact) mass is 243 g/mol. The lowest BCUT2D eigenvalue weighted by Gasteiger charge is -2.21. The molecule has 16 heavy (non-hydrogen) atoms. The van der Waals surface area contributed by atoms with E-state index in [2.05, 4.69) is 13.8 Å². The molecule has 90 valence electrons. The van der Waals surface area contributed by atoms with Crippen molar-refractivity contribution in [2.24, 2.45) is 11.7 Å². The molecule has 1 aromatic carbocycles. The summed E-state index contributed by atoms with van der Waals surface area (Å²) in [5, 5.41) is 0.175. The van der Waals surface area contributed by atoms with Gasteiger partial charge in [-0.15, -0.1) is 0 Å². The average molecular weight is 244 g/mol. The van der Waals surface area contributed by atoms with Crippen molar-refractivity contribution in [3.05, 3.63) is 34.6 Å². The van der Waals surface area contributed by atoms with E-state index in [9.17, 15) is 4.39 Å². The van der Waals surface area contributed by atoms with Crippen LogP contribution < -0.4 is 5.73 Å². The maximum atomic E-state index is 13.6. The number of benzene rings is 1. The molecule has 0 fully saturated rings. The van der Waals surface area contributed by atoms with Gasteiger partial charge in [0, 0.05) is 6.04 Å². The minimum atomic E-state index is -0.328. The Balaban J connectivity index is 2.76. The second-order valence-corrected chi connectivity index (χ2v) is 4.56. The Labute approximate surface area is 102 Å². The molecule has 1 unspecified atom stereocenters. The van der Waals surface area contributed by atoms with Crippen molar-refractivity contribution in [2.45, 2.75) is 39.2 Å². The molecule has 1 nitrogen and oxygen atoms in total. The largest absolute Gasteiger partial charge is 0.327 e. The van der Waals surface area contributed by atoms with Gasteiger partial charge in [-0.1, -0.05) is 50.4 Å². The van der Waals surface area contributed by atoms with Crippen molar-refractivity contribution in [3.8, 4) is 0 Å². The van der Waals surface area contributed by atoms with Crippen LogP contribution in [0, 0.1) is 11.7 Å². The Morgan fingerprint density at radius 3 is 2.50 bits per heavy atom. The molecule has 0 radical (unpaired) electrons. The van der Waals surface area contributed by atoms with Crippen LogP contribution in [0.15, 0.2) is 18.2 Å². The van der Waals surface area contributed by atoms with Gasteiger partial charge in [0.1, 0.15) is 5.82 Å². The molecule has 0 saturated carbocycles. The molecule has 1 atom stereocenters. The molecule has 0 heterocycles. The number of rotatable bonds is 5. The molecule has 0 bridgehead atoms. The standard InChI is InChI=1S/C13H19ClFN/c1-3-9(4-2)12(16)8-10-6-5-7-11(14)13(10)15/h5-7,9,12H,3-4,8,16H2,1-2H3. The summed E-state index contributed by atoms with van der Waals surface area (Å²) < 4.78 is 13.6. The van der Waals surface area contributed by atoms with Crippen molar-refractivity contribution in [1.29, 1.82) is 0 Å². The third-order valence-corrected chi connectivity index (χ3v) is 3.43. The predicted molar refractivity (Wildman–Crippen MR) is 67.2 cm³/mol. The number of hydrogen-bond acceptors (Lipinski definition) is 1. The van der Waals surface area contributed by atoms with Gasteiger partial charge >= 0.3 is 0 Å². The van der Waals surface area contributed by atoms with E-state index in [-0.39, 0.29) is 16.9 Å². The van der Waals surface area contributed by atoms with E-state index >= 15 is 0 Å². The van der Waals surface area contributed by atoms with Gasteiger partial charge < -0.3 is 5.73 Å². The van der Waals surface area contributed by atoms with Crippen LogP contribution in [0.2, 0.25) is 5.02 Å². The summed E-state index contributed by atoms with van der Waals surface area (Å²) in [6.07, 6.45) is 2.61. The zero-order chi connectivity index (χ0) is 12.1. The molecule has 0 aliphatic heterocycles. The fourth-order valence-electron chi connectivity index (χ4n) is 2.02. The number of nitrogens with two attached hydrogens (primary N) is 1. The van der Waals surface area contributed by atoms with E-state index in [1.54, 1.807) is 18.2 Å². The minimum absolute atomic E-state index is 0.00275. The molecule has 1 rings (SSSR count). The quantitative estimate of drug-likeness (QED) is 0.837. The Morgan fingerprint density at radius 1 is 1.31 bits per heavy atom. The number of hydrogen-bond donors (Lipinski definition) is 1. The molecule has 0 aliphatic carbocycles. The van der Waals surface area contributed by atoms with Crippen LogP contribution in [0.5, 0.6) is 0 Å². The molecule has 2 N–H and O–H groups in total. The Bertz CT molecular complexity index is 337. The second-order valence-electron chi connectivity index (χ2n) is 4.16. The lowest BCUT2D eigenvalue weighted by Crippen LogP contribution is -2.31. The highest BCUT2D eigenvalue weighted by Gasteiger charge is 2.17. The van der Waals surface area contributed by atoms with Crippen molar-refractivity contribution in [2.75, 3.05) is 0 Å². The summed E-state index contributed by atoms with van der Waals surface area (Å²) >= 11 is 5.73. The molecular formula is C13H19ClFN. The molecule has 3 heteroatoms. The van der Waals surface area contributed by atoms with Crippen molar-refractivity contribution >= 4 is 11.6 Å². The first-order valence-electron chi connectivity index (χ1n) is 5.78. The zero-order valence-corrected chi connectivity index (χ0v) is 10.6. The summed E-state index contributed by atoms with van der Waals surface area (Å²) in [7, 11) is 0. The van der Waals surface area contributed by atoms with Crippen LogP contribution in [0.3, 0.4) is 0 Å². The van der Waals surface area contributed by atoms with E-state index in [4.69, 9.17) is 17.3 Å². The Kier molecular flexibility index (Phi) is 5.23. The first kappa shape index (κ1) is 13.5. The van der Waals surface area contributed by atoms with Gasteiger partial charge in [0.05, 0.1) is 5.02 Å². The number of halogens is 2. The highest BCUT2D eigenvalue weighted by molar-refractivity contribution is 6.30.